The quantitative estimate of drug-likeness (QED) is 0.549. The van der Waals surface area contributed by atoms with Crippen molar-refractivity contribution < 1.29 is 24.4 Å². The van der Waals surface area contributed by atoms with E-state index in [0.717, 1.165) is 0 Å². The van der Waals surface area contributed by atoms with Crippen LogP contribution < -0.4 is 5.32 Å². The molecule has 20 heavy (non-hydrogen) atoms. The minimum atomic E-state index is -1.15. The molecule has 0 bridgehead atoms. The van der Waals surface area contributed by atoms with Crippen LogP contribution in [0.25, 0.3) is 0 Å². The molecular formula is C13H26NO5P. The molecule has 0 spiro atoms. The Morgan fingerprint density at radius 1 is 1.10 bits per heavy atom. The second-order valence-corrected chi connectivity index (χ2v) is 6.74. The summed E-state index contributed by atoms with van der Waals surface area (Å²) in [6.07, 6.45) is -0.958. The molecule has 6 nitrogen and oxygen atoms in total. The van der Waals surface area contributed by atoms with E-state index in [2.05, 4.69) is 5.32 Å². The fraction of sp³-hybridized carbons (Fsp3) is 0.846. The zero-order chi connectivity index (χ0) is 15.3. The number of rotatable bonds is 6. The van der Waals surface area contributed by atoms with Crippen molar-refractivity contribution in [3.05, 3.63) is 11.9 Å². The van der Waals surface area contributed by atoms with Gasteiger partial charge in [0.1, 0.15) is 12.3 Å². The summed E-state index contributed by atoms with van der Waals surface area (Å²) in [6, 6.07) is -0.222. The summed E-state index contributed by atoms with van der Waals surface area (Å²) >= 11 is 0. The summed E-state index contributed by atoms with van der Waals surface area (Å²) in [6.45, 7) is 7.76. The van der Waals surface area contributed by atoms with E-state index in [0.29, 0.717) is 6.42 Å². The highest BCUT2D eigenvalue weighted by Gasteiger charge is 2.33. The van der Waals surface area contributed by atoms with Crippen molar-refractivity contribution in [3.8, 4) is 0 Å². The average Bonchev–Trinajstić information content (AvgIpc) is 2.31. The van der Waals surface area contributed by atoms with Gasteiger partial charge in [0.15, 0.2) is 8.38 Å². The Hall–Kier alpha value is -0.0700. The first-order chi connectivity index (χ1) is 9.29. The van der Waals surface area contributed by atoms with Gasteiger partial charge in [-0.05, 0) is 39.9 Å². The van der Waals surface area contributed by atoms with E-state index < -0.39 is 26.8 Å². The summed E-state index contributed by atoms with van der Waals surface area (Å²) in [4.78, 5) is 0. The van der Waals surface area contributed by atoms with Crippen LogP contribution in [0.5, 0.6) is 0 Å². The third-order valence-electron chi connectivity index (χ3n) is 2.67. The standard InChI is InChI=1S/C13H26NO5P/c1-8(2)18-20(19-9(3)4)6-5-10-7-11(15)12(16)13(17)14-10/h5-6,8-17H,7H2,1-4H3/b6-5+. The molecular weight excluding hydrogens is 281 g/mol. The number of hydrogen-bond acceptors (Lipinski definition) is 6. The highest BCUT2D eigenvalue weighted by atomic mass is 31.2. The maximum Gasteiger partial charge on any atom is 0.197 e. The summed E-state index contributed by atoms with van der Waals surface area (Å²) < 4.78 is 11.4. The maximum atomic E-state index is 9.63. The van der Waals surface area contributed by atoms with Crippen LogP contribution in [-0.2, 0) is 9.05 Å². The van der Waals surface area contributed by atoms with Crippen molar-refractivity contribution >= 4 is 8.38 Å². The molecule has 1 rings (SSSR count). The largest absolute Gasteiger partial charge is 0.390 e. The molecule has 1 aliphatic heterocycles. The normalized spacial score (nSPS) is 31.9. The van der Waals surface area contributed by atoms with E-state index in [-0.39, 0.29) is 18.2 Å². The summed E-state index contributed by atoms with van der Waals surface area (Å²) in [5.74, 6) is 1.82. The predicted octanol–water partition coefficient (Wildman–Crippen LogP) is 1.06. The number of hydrogen-bond donors (Lipinski definition) is 4. The van der Waals surface area contributed by atoms with Crippen LogP contribution in [0, 0.1) is 0 Å². The molecule has 0 aromatic carbocycles. The fourth-order valence-corrected chi connectivity index (χ4v) is 3.18. The molecule has 0 aromatic rings. The predicted molar refractivity (Wildman–Crippen MR) is 78.1 cm³/mol. The summed E-state index contributed by atoms with van der Waals surface area (Å²) in [5, 5.41) is 31.5. The van der Waals surface area contributed by atoms with Crippen molar-refractivity contribution in [2.45, 2.75) is 70.8 Å². The lowest BCUT2D eigenvalue weighted by atomic mass is 9.98. The van der Waals surface area contributed by atoms with Gasteiger partial charge in [-0.25, -0.2) is 0 Å². The minimum absolute atomic E-state index is 0.0572. The maximum absolute atomic E-state index is 9.63. The first kappa shape index (κ1) is 18.0. The summed E-state index contributed by atoms with van der Waals surface area (Å²) in [5.41, 5.74) is 0. The second kappa shape index (κ2) is 8.39. The molecule has 1 saturated heterocycles. The average molecular weight is 307 g/mol. The third kappa shape index (κ3) is 6.14. The Morgan fingerprint density at radius 2 is 1.65 bits per heavy atom. The number of piperidine rings is 1. The van der Waals surface area contributed by atoms with Crippen LogP contribution in [0.2, 0.25) is 0 Å². The van der Waals surface area contributed by atoms with Gasteiger partial charge in [0.2, 0.25) is 0 Å². The molecule has 0 saturated carbocycles. The zero-order valence-electron chi connectivity index (χ0n) is 12.4. The first-order valence-electron chi connectivity index (χ1n) is 6.91. The Kier molecular flexibility index (Phi) is 7.54. The SMILES string of the molecule is CC(C)OP(/C=C/C1CC(O)C(O)C(O)N1)OC(C)C. The Morgan fingerprint density at radius 3 is 2.10 bits per heavy atom. The van der Waals surface area contributed by atoms with Crippen LogP contribution in [0.3, 0.4) is 0 Å². The molecule has 0 amide bonds. The molecule has 4 atom stereocenters. The number of aliphatic hydroxyl groups excluding tert-OH is 3. The number of nitrogens with one attached hydrogen (secondary N) is 1. The minimum Gasteiger partial charge on any atom is -0.390 e. The van der Waals surface area contributed by atoms with Gasteiger partial charge in [0.05, 0.1) is 18.3 Å². The van der Waals surface area contributed by atoms with E-state index in [1.807, 2.05) is 39.6 Å². The van der Waals surface area contributed by atoms with Gasteiger partial charge in [-0.3, -0.25) is 5.32 Å². The van der Waals surface area contributed by atoms with Gasteiger partial charge >= 0.3 is 0 Å². The molecule has 118 valence electrons. The van der Waals surface area contributed by atoms with Crippen molar-refractivity contribution in [2.24, 2.45) is 0 Å². The monoisotopic (exact) mass is 307 g/mol. The topological polar surface area (TPSA) is 91.2 Å². The molecule has 0 radical (unpaired) electrons. The smallest absolute Gasteiger partial charge is 0.197 e. The van der Waals surface area contributed by atoms with Gasteiger partial charge in [0, 0.05) is 6.04 Å². The van der Waals surface area contributed by atoms with Crippen LogP contribution in [-0.4, -0.2) is 52.0 Å². The lowest BCUT2D eigenvalue weighted by Gasteiger charge is -2.34. The molecule has 0 aromatic heterocycles. The zero-order valence-corrected chi connectivity index (χ0v) is 13.3. The fourth-order valence-electron chi connectivity index (χ4n) is 1.81. The van der Waals surface area contributed by atoms with Crippen LogP contribution in [0.15, 0.2) is 11.9 Å². The van der Waals surface area contributed by atoms with Crippen LogP contribution in [0.4, 0.5) is 0 Å². The van der Waals surface area contributed by atoms with Gasteiger partial charge in [-0.2, -0.15) is 0 Å². The molecule has 4 unspecified atom stereocenters. The van der Waals surface area contributed by atoms with Gasteiger partial charge in [0.25, 0.3) is 0 Å². The van der Waals surface area contributed by atoms with Gasteiger partial charge in [-0.1, -0.05) is 6.08 Å². The highest BCUT2D eigenvalue weighted by Crippen LogP contribution is 2.42. The number of aliphatic hydroxyl groups is 3. The van der Waals surface area contributed by atoms with E-state index >= 15 is 0 Å². The highest BCUT2D eigenvalue weighted by molar-refractivity contribution is 7.50. The Labute approximate surface area is 121 Å². The van der Waals surface area contributed by atoms with E-state index in [1.165, 1.54) is 0 Å². The Bertz CT molecular complexity index is 291. The van der Waals surface area contributed by atoms with E-state index in [9.17, 15) is 15.3 Å². The van der Waals surface area contributed by atoms with Crippen molar-refractivity contribution in [3.63, 3.8) is 0 Å². The Balaban J connectivity index is 2.58. The molecule has 1 aliphatic rings. The third-order valence-corrected chi connectivity index (χ3v) is 4.34. The molecule has 7 heteroatoms. The van der Waals surface area contributed by atoms with Crippen LogP contribution in [0.1, 0.15) is 34.1 Å². The molecule has 4 N–H and O–H groups in total. The summed E-state index contributed by atoms with van der Waals surface area (Å²) in [7, 11) is -1.15. The molecule has 1 heterocycles. The van der Waals surface area contributed by atoms with Crippen molar-refractivity contribution in [2.75, 3.05) is 0 Å². The lowest BCUT2D eigenvalue weighted by Crippen LogP contribution is -2.56. The molecule has 1 fully saturated rings. The van der Waals surface area contributed by atoms with E-state index in [1.54, 1.807) is 0 Å². The van der Waals surface area contributed by atoms with Crippen molar-refractivity contribution in [1.82, 2.24) is 5.32 Å². The lowest BCUT2D eigenvalue weighted by molar-refractivity contribution is -0.101. The van der Waals surface area contributed by atoms with Crippen molar-refractivity contribution in [1.29, 1.82) is 0 Å². The second-order valence-electron chi connectivity index (χ2n) is 5.45. The van der Waals surface area contributed by atoms with Crippen LogP contribution >= 0.6 is 8.38 Å². The van der Waals surface area contributed by atoms with Gasteiger partial charge in [-0.15, -0.1) is 0 Å². The first-order valence-corrected chi connectivity index (χ1v) is 8.15. The van der Waals surface area contributed by atoms with E-state index in [4.69, 9.17) is 9.05 Å². The molecule has 0 aliphatic carbocycles. The van der Waals surface area contributed by atoms with Gasteiger partial charge < -0.3 is 24.4 Å².